The van der Waals surface area contributed by atoms with E-state index >= 15 is 0 Å². The number of fused-ring (bicyclic) bond motifs is 1. The minimum absolute atomic E-state index is 0.0864. The Morgan fingerprint density at radius 1 is 1.12 bits per heavy atom. The lowest BCUT2D eigenvalue weighted by molar-refractivity contribution is -0.116. The molecule has 0 fully saturated rings. The third kappa shape index (κ3) is 5.51. The first kappa shape index (κ1) is 22.4. The first-order valence-electron chi connectivity index (χ1n) is 10.4. The van der Waals surface area contributed by atoms with Crippen LogP contribution in [0.2, 0.25) is 5.02 Å². The van der Waals surface area contributed by atoms with Gasteiger partial charge in [0, 0.05) is 35.7 Å². The van der Waals surface area contributed by atoms with E-state index in [-0.39, 0.29) is 18.4 Å². The lowest BCUT2D eigenvalue weighted by Crippen LogP contribution is -2.34. The molecule has 2 heterocycles. The molecule has 1 N–H and O–H groups in total. The summed E-state index contributed by atoms with van der Waals surface area (Å²) in [7, 11) is 1.58. The smallest absolute Gasteiger partial charge is 0.254 e. The molecule has 0 spiro atoms. The summed E-state index contributed by atoms with van der Waals surface area (Å²) in [6, 6.07) is 17.6. The Labute approximate surface area is 196 Å². The molecule has 2 aromatic carbocycles. The maximum absolute atomic E-state index is 12.7. The summed E-state index contributed by atoms with van der Waals surface area (Å²) >= 11 is 5.93. The molecule has 8 heteroatoms. The molecule has 33 heavy (non-hydrogen) atoms. The SMILES string of the molecule is Cc1cccn2cc(COc3ccc(C(=O)N(C)CC(=O)Nc4cccc(Cl)c4)cc3)nc12. The molecule has 0 aliphatic heterocycles. The van der Waals surface area contributed by atoms with Crippen LogP contribution in [0.15, 0.2) is 73.1 Å². The molecule has 0 aliphatic carbocycles. The van der Waals surface area contributed by atoms with Gasteiger partial charge in [-0.3, -0.25) is 9.59 Å². The number of nitrogens with zero attached hydrogens (tertiary/aromatic N) is 3. The van der Waals surface area contributed by atoms with Gasteiger partial charge in [0.1, 0.15) is 18.0 Å². The third-order valence-corrected chi connectivity index (χ3v) is 5.29. The molecular weight excluding hydrogens is 440 g/mol. The number of anilines is 1. The molecule has 0 bridgehead atoms. The molecule has 0 saturated heterocycles. The Bertz CT molecular complexity index is 1300. The van der Waals surface area contributed by atoms with Crippen LogP contribution in [0.3, 0.4) is 0 Å². The van der Waals surface area contributed by atoms with Gasteiger partial charge < -0.3 is 19.4 Å². The van der Waals surface area contributed by atoms with E-state index in [1.807, 2.05) is 35.9 Å². The lowest BCUT2D eigenvalue weighted by Gasteiger charge is -2.17. The highest BCUT2D eigenvalue weighted by molar-refractivity contribution is 6.30. The van der Waals surface area contributed by atoms with Crippen molar-refractivity contribution in [3.8, 4) is 5.75 Å². The van der Waals surface area contributed by atoms with E-state index in [9.17, 15) is 9.59 Å². The van der Waals surface area contributed by atoms with Gasteiger partial charge in [-0.2, -0.15) is 0 Å². The maximum atomic E-state index is 12.7. The zero-order chi connectivity index (χ0) is 23.4. The third-order valence-electron chi connectivity index (χ3n) is 5.05. The fourth-order valence-electron chi connectivity index (χ4n) is 3.40. The van der Waals surface area contributed by atoms with Crippen molar-refractivity contribution < 1.29 is 14.3 Å². The number of likely N-dealkylation sites (N-methyl/N-ethyl adjacent to an activating group) is 1. The van der Waals surface area contributed by atoms with Gasteiger partial charge in [-0.1, -0.05) is 23.7 Å². The zero-order valence-electron chi connectivity index (χ0n) is 18.3. The average Bonchev–Trinajstić information content (AvgIpc) is 3.22. The van der Waals surface area contributed by atoms with Crippen LogP contribution in [0.4, 0.5) is 5.69 Å². The van der Waals surface area contributed by atoms with Gasteiger partial charge in [0.05, 0.1) is 12.2 Å². The van der Waals surface area contributed by atoms with Crippen molar-refractivity contribution in [1.29, 1.82) is 0 Å². The van der Waals surface area contributed by atoms with Crippen LogP contribution >= 0.6 is 11.6 Å². The number of carbonyl (C=O) groups excluding carboxylic acids is 2. The molecule has 4 rings (SSSR count). The van der Waals surface area contributed by atoms with Crippen molar-refractivity contribution in [3.05, 3.63) is 94.9 Å². The topological polar surface area (TPSA) is 75.9 Å². The number of ether oxygens (including phenoxy) is 1. The number of amides is 2. The summed E-state index contributed by atoms with van der Waals surface area (Å²) < 4.78 is 7.79. The number of nitrogens with one attached hydrogen (secondary N) is 1. The molecule has 7 nitrogen and oxygen atoms in total. The Hall–Kier alpha value is -3.84. The van der Waals surface area contributed by atoms with Crippen LogP contribution in [-0.4, -0.2) is 39.7 Å². The number of hydrogen-bond donors (Lipinski definition) is 1. The highest BCUT2D eigenvalue weighted by Crippen LogP contribution is 2.17. The van der Waals surface area contributed by atoms with Crippen LogP contribution in [0, 0.1) is 6.92 Å². The predicted octanol–water partition coefficient (Wildman–Crippen LogP) is 4.59. The fourth-order valence-corrected chi connectivity index (χ4v) is 3.59. The first-order chi connectivity index (χ1) is 15.9. The number of benzene rings is 2. The summed E-state index contributed by atoms with van der Waals surface area (Å²) in [5, 5.41) is 3.25. The number of aryl methyl sites for hydroxylation is 1. The second-order valence-corrected chi connectivity index (χ2v) is 8.12. The van der Waals surface area contributed by atoms with Gasteiger partial charge in [-0.15, -0.1) is 0 Å². The Morgan fingerprint density at radius 3 is 2.64 bits per heavy atom. The van der Waals surface area contributed by atoms with Gasteiger partial charge in [0.15, 0.2) is 0 Å². The van der Waals surface area contributed by atoms with Gasteiger partial charge >= 0.3 is 0 Å². The minimum atomic E-state index is -0.309. The van der Waals surface area contributed by atoms with Crippen LogP contribution in [-0.2, 0) is 11.4 Å². The Balaban J connectivity index is 1.32. The van der Waals surface area contributed by atoms with Crippen LogP contribution in [0.25, 0.3) is 5.65 Å². The number of pyridine rings is 1. The molecule has 168 valence electrons. The summed E-state index contributed by atoms with van der Waals surface area (Å²) in [4.78, 5) is 30.9. The summed E-state index contributed by atoms with van der Waals surface area (Å²) in [6.45, 7) is 2.25. The van der Waals surface area contributed by atoms with E-state index in [1.54, 1.807) is 55.6 Å². The van der Waals surface area contributed by atoms with Crippen molar-refractivity contribution >= 4 is 34.7 Å². The highest BCUT2D eigenvalue weighted by Gasteiger charge is 2.15. The van der Waals surface area contributed by atoms with Gasteiger partial charge in [-0.05, 0) is 61.0 Å². The number of aromatic nitrogens is 2. The monoisotopic (exact) mass is 462 g/mol. The number of carbonyl (C=O) groups is 2. The quantitative estimate of drug-likeness (QED) is 0.436. The van der Waals surface area contributed by atoms with E-state index in [0.717, 1.165) is 16.9 Å². The Kier molecular flexibility index (Phi) is 6.60. The number of imidazole rings is 1. The molecule has 4 aromatic rings. The van der Waals surface area contributed by atoms with E-state index in [4.69, 9.17) is 16.3 Å². The van der Waals surface area contributed by atoms with Crippen molar-refractivity contribution in [2.24, 2.45) is 0 Å². The van der Waals surface area contributed by atoms with Gasteiger partial charge in [0.25, 0.3) is 5.91 Å². The average molecular weight is 463 g/mol. The number of hydrogen-bond acceptors (Lipinski definition) is 4. The molecule has 2 aromatic heterocycles. The van der Waals surface area contributed by atoms with E-state index in [1.165, 1.54) is 4.90 Å². The van der Waals surface area contributed by atoms with Gasteiger partial charge in [-0.25, -0.2) is 4.98 Å². The van der Waals surface area contributed by atoms with Crippen LogP contribution in [0.5, 0.6) is 5.75 Å². The molecule has 2 amide bonds. The van der Waals surface area contributed by atoms with Crippen molar-refractivity contribution in [1.82, 2.24) is 14.3 Å². The van der Waals surface area contributed by atoms with Crippen molar-refractivity contribution in [2.75, 3.05) is 18.9 Å². The van der Waals surface area contributed by atoms with Crippen LogP contribution in [0.1, 0.15) is 21.6 Å². The summed E-state index contributed by atoms with van der Waals surface area (Å²) in [6.07, 6.45) is 3.88. The summed E-state index contributed by atoms with van der Waals surface area (Å²) in [5.41, 5.74) is 3.85. The van der Waals surface area contributed by atoms with E-state index < -0.39 is 0 Å². The molecule has 0 unspecified atom stereocenters. The molecule has 0 aliphatic rings. The Morgan fingerprint density at radius 2 is 1.91 bits per heavy atom. The van der Waals surface area contributed by atoms with Crippen molar-refractivity contribution in [3.63, 3.8) is 0 Å². The summed E-state index contributed by atoms with van der Waals surface area (Å²) in [5.74, 6) is 0.0519. The highest BCUT2D eigenvalue weighted by atomic mass is 35.5. The van der Waals surface area contributed by atoms with Crippen molar-refractivity contribution in [2.45, 2.75) is 13.5 Å². The number of rotatable bonds is 7. The normalized spacial score (nSPS) is 10.8. The second kappa shape index (κ2) is 9.75. The molecule has 0 radical (unpaired) electrons. The molecule has 0 saturated carbocycles. The number of halogens is 1. The largest absolute Gasteiger partial charge is 0.487 e. The van der Waals surface area contributed by atoms with E-state index in [0.29, 0.717) is 28.6 Å². The minimum Gasteiger partial charge on any atom is -0.487 e. The maximum Gasteiger partial charge on any atom is 0.254 e. The van der Waals surface area contributed by atoms with Gasteiger partial charge in [0.2, 0.25) is 5.91 Å². The molecular formula is C25H23ClN4O3. The standard InChI is InChI=1S/C25H23ClN4O3/c1-17-5-4-12-30-14-21(28-24(17)30)16-33-22-10-8-18(9-11-22)25(32)29(2)15-23(31)27-20-7-3-6-19(26)13-20/h3-14H,15-16H2,1-2H3,(H,27,31). The first-order valence-corrected chi connectivity index (χ1v) is 10.7. The second-order valence-electron chi connectivity index (χ2n) is 7.69. The lowest BCUT2D eigenvalue weighted by atomic mass is 10.2. The molecule has 0 atom stereocenters. The van der Waals surface area contributed by atoms with Crippen LogP contribution < -0.4 is 10.1 Å². The predicted molar refractivity (Wildman–Crippen MR) is 128 cm³/mol. The zero-order valence-corrected chi connectivity index (χ0v) is 19.0. The fraction of sp³-hybridized carbons (Fsp3) is 0.160. The van der Waals surface area contributed by atoms with E-state index in [2.05, 4.69) is 10.3 Å².